The van der Waals surface area contributed by atoms with E-state index in [0.717, 1.165) is 19.4 Å². The van der Waals surface area contributed by atoms with Gasteiger partial charge in [0.25, 0.3) is 0 Å². The highest BCUT2D eigenvalue weighted by molar-refractivity contribution is 5.88. The average molecular weight is 236 g/mol. The van der Waals surface area contributed by atoms with Crippen LogP contribution in [0.4, 0.5) is 5.82 Å². The Morgan fingerprint density at radius 2 is 2.47 bits per heavy atom. The van der Waals surface area contributed by atoms with E-state index in [2.05, 4.69) is 10.3 Å². The van der Waals surface area contributed by atoms with Crippen molar-refractivity contribution in [3.8, 4) is 0 Å². The van der Waals surface area contributed by atoms with Crippen molar-refractivity contribution in [2.45, 2.75) is 25.9 Å². The summed E-state index contributed by atoms with van der Waals surface area (Å²) < 4.78 is 5.48. The predicted octanol–water partition coefficient (Wildman–Crippen LogP) is 1.68. The topological polar surface area (TPSA) is 71.5 Å². The van der Waals surface area contributed by atoms with E-state index in [1.54, 1.807) is 19.1 Å². The molecule has 2 rings (SSSR count). The summed E-state index contributed by atoms with van der Waals surface area (Å²) in [4.78, 5) is 15.1. The Labute approximate surface area is 99.8 Å². The molecule has 92 valence electrons. The fraction of sp³-hybridized carbons (Fsp3) is 0.500. The molecular formula is C12H16N2O3. The van der Waals surface area contributed by atoms with Gasteiger partial charge in [0.05, 0.1) is 11.7 Å². The van der Waals surface area contributed by atoms with Crippen LogP contribution in [0.15, 0.2) is 12.1 Å². The molecule has 1 unspecified atom stereocenters. The minimum Gasteiger partial charge on any atom is -0.478 e. The van der Waals surface area contributed by atoms with Gasteiger partial charge >= 0.3 is 5.97 Å². The monoisotopic (exact) mass is 236 g/mol. The third kappa shape index (κ3) is 3.17. The zero-order chi connectivity index (χ0) is 12.3. The van der Waals surface area contributed by atoms with Gasteiger partial charge in [-0.2, -0.15) is 0 Å². The Kier molecular flexibility index (Phi) is 3.58. The lowest BCUT2D eigenvalue weighted by Crippen LogP contribution is -2.19. The molecule has 0 amide bonds. The van der Waals surface area contributed by atoms with Crippen molar-refractivity contribution < 1.29 is 14.6 Å². The van der Waals surface area contributed by atoms with Crippen LogP contribution in [0.1, 0.15) is 28.9 Å². The first kappa shape index (κ1) is 11.9. The van der Waals surface area contributed by atoms with Gasteiger partial charge in [0.2, 0.25) is 0 Å². The molecule has 0 radical (unpaired) electrons. The quantitative estimate of drug-likeness (QED) is 0.832. The van der Waals surface area contributed by atoms with Crippen molar-refractivity contribution in [1.82, 2.24) is 4.98 Å². The highest BCUT2D eigenvalue weighted by Crippen LogP contribution is 2.14. The van der Waals surface area contributed by atoms with Gasteiger partial charge in [-0.3, -0.25) is 0 Å². The largest absolute Gasteiger partial charge is 0.478 e. The second-order valence-corrected chi connectivity index (χ2v) is 4.20. The predicted molar refractivity (Wildman–Crippen MR) is 63.4 cm³/mol. The molecule has 1 aromatic rings. The van der Waals surface area contributed by atoms with Crippen molar-refractivity contribution in [1.29, 1.82) is 0 Å². The van der Waals surface area contributed by atoms with Crippen LogP contribution in [0.5, 0.6) is 0 Å². The molecule has 1 fully saturated rings. The number of nitrogens with zero attached hydrogens (tertiary/aromatic N) is 1. The number of rotatable bonds is 4. The van der Waals surface area contributed by atoms with Crippen molar-refractivity contribution in [2.75, 3.05) is 18.5 Å². The van der Waals surface area contributed by atoms with E-state index in [-0.39, 0.29) is 11.7 Å². The number of aryl methyl sites for hydroxylation is 1. The molecule has 1 aromatic heterocycles. The van der Waals surface area contributed by atoms with Crippen LogP contribution in [0, 0.1) is 6.92 Å². The van der Waals surface area contributed by atoms with Crippen molar-refractivity contribution in [3.05, 3.63) is 23.4 Å². The maximum Gasteiger partial charge on any atom is 0.335 e. The minimum atomic E-state index is -0.935. The van der Waals surface area contributed by atoms with Gasteiger partial charge < -0.3 is 15.2 Å². The van der Waals surface area contributed by atoms with E-state index in [1.165, 1.54) is 0 Å². The second kappa shape index (κ2) is 5.14. The number of ether oxygens (including phenoxy) is 1. The van der Waals surface area contributed by atoms with Gasteiger partial charge in [-0.05, 0) is 31.9 Å². The van der Waals surface area contributed by atoms with Gasteiger partial charge in [0, 0.05) is 18.8 Å². The SMILES string of the molecule is Cc1cc(C(=O)O)cc(NCC2CCCO2)n1. The molecule has 2 N–H and O–H groups in total. The lowest BCUT2D eigenvalue weighted by atomic mass is 10.2. The second-order valence-electron chi connectivity index (χ2n) is 4.20. The van der Waals surface area contributed by atoms with Crippen LogP contribution < -0.4 is 5.32 Å². The summed E-state index contributed by atoms with van der Waals surface area (Å²) in [6, 6.07) is 3.10. The molecule has 5 heteroatoms. The maximum atomic E-state index is 10.9. The fourth-order valence-electron chi connectivity index (χ4n) is 1.91. The Morgan fingerprint density at radius 1 is 1.65 bits per heavy atom. The number of anilines is 1. The highest BCUT2D eigenvalue weighted by Gasteiger charge is 2.15. The summed E-state index contributed by atoms with van der Waals surface area (Å²) in [5, 5.41) is 12.1. The molecule has 0 bridgehead atoms. The molecule has 2 heterocycles. The van der Waals surface area contributed by atoms with Gasteiger partial charge in [0.1, 0.15) is 5.82 Å². The molecule has 1 aliphatic heterocycles. The molecule has 0 spiro atoms. The smallest absolute Gasteiger partial charge is 0.335 e. The molecule has 17 heavy (non-hydrogen) atoms. The third-order valence-corrected chi connectivity index (χ3v) is 2.74. The van der Waals surface area contributed by atoms with Crippen LogP contribution in [0.3, 0.4) is 0 Å². The van der Waals surface area contributed by atoms with Crippen LogP contribution in [-0.4, -0.2) is 35.3 Å². The number of aromatic nitrogens is 1. The third-order valence-electron chi connectivity index (χ3n) is 2.74. The number of hydrogen-bond acceptors (Lipinski definition) is 4. The van der Waals surface area contributed by atoms with Crippen molar-refractivity contribution in [2.24, 2.45) is 0 Å². The lowest BCUT2D eigenvalue weighted by Gasteiger charge is -2.12. The van der Waals surface area contributed by atoms with E-state index in [4.69, 9.17) is 9.84 Å². The van der Waals surface area contributed by atoms with Crippen molar-refractivity contribution >= 4 is 11.8 Å². The Morgan fingerprint density at radius 3 is 3.12 bits per heavy atom. The Balaban J connectivity index is 2.01. The van der Waals surface area contributed by atoms with E-state index in [1.807, 2.05) is 0 Å². The lowest BCUT2D eigenvalue weighted by molar-refractivity contribution is 0.0696. The Bertz CT molecular complexity index is 414. The molecule has 0 aliphatic carbocycles. The van der Waals surface area contributed by atoms with Gasteiger partial charge in [-0.25, -0.2) is 9.78 Å². The summed E-state index contributed by atoms with van der Waals surface area (Å²) in [7, 11) is 0. The molecular weight excluding hydrogens is 220 g/mol. The molecule has 1 saturated heterocycles. The number of aromatic carboxylic acids is 1. The standard InChI is InChI=1S/C12H16N2O3/c1-8-5-9(12(15)16)6-11(14-8)13-7-10-3-2-4-17-10/h5-6,10H,2-4,7H2,1H3,(H,13,14)(H,15,16). The van der Waals surface area contributed by atoms with Crippen molar-refractivity contribution in [3.63, 3.8) is 0 Å². The van der Waals surface area contributed by atoms with Crippen LogP contribution in [0.25, 0.3) is 0 Å². The van der Waals surface area contributed by atoms with E-state index < -0.39 is 5.97 Å². The van der Waals surface area contributed by atoms with E-state index >= 15 is 0 Å². The first-order valence-electron chi connectivity index (χ1n) is 5.72. The summed E-state index contributed by atoms with van der Waals surface area (Å²) >= 11 is 0. The fourth-order valence-corrected chi connectivity index (χ4v) is 1.91. The summed E-state index contributed by atoms with van der Waals surface area (Å²) in [5.41, 5.74) is 0.951. The number of pyridine rings is 1. The summed E-state index contributed by atoms with van der Waals surface area (Å²) in [6.45, 7) is 3.27. The number of carboxylic acid groups (broad SMARTS) is 1. The molecule has 5 nitrogen and oxygen atoms in total. The zero-order valence-corrected chi connectivity index (χ0v) is 9.77. The number of carbonyl (C=O) groups is 1. The van der Waals surface area contributed by atoms with Crippen LogP contribution in [0.2, 0.25) is 0 Å². The Hall–Kier alpha value is -1.62. The molecule has 0 saturated carbocycles. The summed E-state index contributed by atoms with van der Waals surface area (Å²) in [6.07, 6.45) is 2.35. The normalized spacial score (nSPS) is 19.2. The number of hydrogen-bond donors (Lipinski definition) is 2. The van der Waals surface area contributed by atoms with Gasteiger partial charge in [-0.1, -0.05) is 0 Å². The zero-order valence-electron chi connectivity index (χ0n) is 9.77. The highest BCUT2D eigenvalue weighted by atomic mass is 16.5. The molecule has 0 aromatic carbocycles. The van der Waals surface area contributed by atoms with Crippen LogP contribution in [-0.2, 0) is 4.74 Å². The first-order valence-corrected chi connectivity index (χ1v) is 5.72. The van der Waals surface area contributed by atoms with Gasteiger partial charge in [0.15, 0.2) is 0 Å². The maximum absolute atomic E-state index is 10.9. The van der Waals surface area contributed by atoms with E-state index in [9.17, 15) is 4.79 Å². The number of nitrogens with one attached hydrogen (secondary N) is 1. The summed E-state index contributed by atoms with van der Waals surface area (Å²) in [5.74, 6) is -0.339. The van der Waals surface area contributed by atoms with Crippen LogP contribution >= 0.6 is 0 Å². The molecule has 1 aliphatic rings. The van der Waals surface area contributed by atoms with Gasteiger partial charge in [-0.15, -0.1) is 0 Å². The average Bonchev–Trinajstić information content (AvgIpc) is 2.78. The minimum absolute atomic E-state index is 0.214. The molecule has 1 atom stereocenters. The van der Waals surface area contributed by atoms with E-state index in [0.29, 0.717) is 18.1 Å². The number of carboxylic acids is 1. The first-order chi connectivity index (χ1) is 8.15.